The molecule has 2 heterocycles. The number of carbonyl (C=O) groups is 2. The molecule has 1 fully saturated rings. The van der Waals surface area contributed by atoms with Crippen LogP contribution in [0.3, 0.4) is 0 Å². The van der Waals surface area contributed by atoms with Crippen LogP contribution >= 0.6 is 11.6 Å². The average molecular weight is 441 g/mol. The molecule has 2 aliphatic heterocycles. The molecule has 0 aliphatic carbocycles. The van der Waals surface area contributed by atoms with Gasteiger partial charge in [-0.25, -0.2) is 4.99 Å². The van der Waals surface area contributed by atoms with E-state index in [9.17, 15) is 9.59 Å². The van der Waals surface area contributed by atoms with Crippen LogP contribution in [-0.4, -0.2) is 55.5 Å². The largest absolute Gasteiger partial charge is 0.465 e. The fraction of sp³-hybridized carbons (Fsp3) is 0.348. The molecule has 0 unspecified atom stereocenters. The van der Waals surface area contributed by atoms with E-state index in [0.717, 1.165) is 13.1 Å². The monoisotopic (exact) mass is 440 g/mol. The molecule has 0 bridgehead atoms. The SMILES string of the molecule is CCOC(=O)[C@H]1C(=O)NC(N2CCN(c3ccccc3)CC2)=N[C@H]1c1cccc(Cl)c1. The molecule has 162 valence electrons. The summed E-state index contributed by atoms with van der Waals surface area (Å²) in [5.41, 5.74) is 1.89. The van der Waals surface area contributed by atoms with E-state index in [1.54, 1.807) is 25.1 Å². The van der Waals surface area contributed by atoms with Crippen molar-refractivity contribution in [2.24, 2.45) is 10.9 Å². The van der Waals surface area contributed by atoms with Gasteiger partial charge in [0.25, 0.3) is 0 Å². The van der Waals surface area contributed by atoms with Crippen LogP contribution in [0.15, 0.2) is 59.6 Å². The van der Waals surface area contributed by atoms with Gasteiger partial charge < -0.3 is 14.5 Å². The maximum atomic E-state index is 13.0. The zero-order valence-electron chi connectivity index (χ0n) is 17.3. The van der Waals surface area contributed by atoms with Crippen molar-refractivity contribution < 1.29 is 14.3 Å². The van der Waals surface area contributed by atoms with Gasteiger partial charge >= 0.3 is 5.97 Å². The number of carbonyl (C=O) groups excluding carboxylic acids is 2. The molecule has 8 heteroatoms. The smallest absolute Gasteiger partial charge is 0.321 e. The van der Waals surface area contributed by atoms with Crippen LogP contribution < -0.4 is 10.2 Å². The first kappa shape index (κ1) is 21.2. The van der Waals surface area contributed by atoms with E-state index in [1.807, 2.05) is 24.3 Å². The van der Waals surface area contributed by atoms with Crippen molar-refractivity contribution in [3.63, 3.8) is 0 Å². The molecule has 0 radical (unpaired) electrons. The molecule has 0 saturated carbocycles. The highest BCUT2D eigenvalue weighted by Crippen LogP contribution is 2.32. The lowest BCUT2D eigenvalue weighted by Gasteiger charge is -2.39. The minimum absolute atomic E-state index is 0.197. The van der Waals surface area contributed by atoms with Gasteiger partial charge in [0.1, 0.15) is 6.04 Å². The van der Waals surface area contributed by atoms with E-state index in [0.29, 0.717) is 29.6 Å². The molecule has 2 aromatic rings. The normalized spacial score (nSPS) is 21.4. The van der Waals surface area contributed by atoms with Crippen molar-refractivity contribution >= 4 is 35.1 Å². The first-order valence-corrected chi connectivity index (χ1v) is 10.8. The maximum absolute atomic E-state index is 13.0. The number of benzene rings is 2. The molecule has 1 N–H and O–H groups in total. The Morgan fingerprint density at radius 2 is 1.81 bits per heavy atom. The highest BCUT2D eigenvalue weighted by Gasteiger charge is 2.42. The fourth-order valence-corrected chi connectivity index (χ4v) is 4.17. The summed E-state index contributed by atoms with van der Waals surface area (Å²) in [7, 11) is 0. The molecule has 0 aromatic heterocycles. The summed E-state index contributed by atoms with van der Waals surface area (Å²) in [5.74, 6) is -1.54. The number of esters is 1. The number of para-hydroxylation sites is 1. The lowest BCUT2D eigenvalue weighted by atomic mass is 9.91. The van der Waals surface area contributed by atoms with Crippen molar-refractivity contribution in [3.8, 4) is 0 Å². The lowest BCUT2D eigenvalue weighted by Crippen LogP contribution is -2.57. The quantitative estimate of drug-likeness (QED) is 0.584. The number of guanidine groups is 1. The third-order valence-electron chi connectivity index (χ3n) is 5.53. The lowest BCUT2D eigenvalue weighted by molar-refractivity contribution is -0.153. The second-order valence-electron chi connectivity index (χ2n) is 7.48. The highest BCUT2D eigenvalue weighted by molar-refractivity contribution is 6.30. The molecule has 31 heavy (non-hydrogen) atoms. The first-order valence-electron chi connectivity index (χ1n) is 10.4. The van der Waals surface area contributed by atoms with Crippen molar-refractivity contribution in [2.75, 3.05) is 37.7 Å². The Bertz CT molecular complexity index is 974. The molecule has 2 aliphatic rings. The molecule has 0 spiro atoms. The standard InChI is InChI=1S/C23H25ClN4O3/c1-2-31-22(30)19-20(16-7-6-8-17(24)15-16)25-23(26-21(19)29)28-13-11-27(12-14-28)18-9-4-3-5-10-18/h3-10,15,19-20H,2,11-14H2,1H3,(H,25,26,29)/t19-,20+/m1/s1. The number of ether oxygens (including phenoxy) is 1. The van der Waals surface area contributed by atoms with Crippen LogP contribution in [0.4, 0.5) is 5.69 Å². The van der Waals surface area contributed by atoms with Crippen LogP contribution in [-0.2, 0) is 14.3 Å². The van der Waals surface area contributed by atoms with E-state index < -0.39 is 23.8 Å². The molecule has 1 amide bonds. The van der Waals surface area contributed by atoms with Crippen molar-refractivity contribution in [3.05, 3.63) is 65.2 Å². The number of amides is 1. The van der Waals surface area contributed by atoms with Crippen LogP contribution in [0.5, 0.6) is 0 Å². The van der Waals surface area contributed by atoms with Crippen molar-refractivity contribution in [2.45, 2.75) is 13.0 Å². The molecule has 2 atom stereocenters. The highest BCUT2D eigenvalue weighted by atomic mass is 35.5. The third-order valence-corrected chi connectivity index (χ3v) is 5.76. The van der Waals surface area contributed by atoms with E-state index in [-0.39, 0.29) is 6.61 Å². The second-order valence-corrected chi connectivity index (χ2v) is 7.92. The van der Waals surface area contributed by atoms with Gasteiger partial charge in [0.15, 0.2) is 5.92 Å². The van der Waals surface area contributed by atoms with Gasteiger partial charge in [-0.15, -0.1) is 0 Å². The van der Waals surface area contributed by atoms with Crippen LogP contribution in [0, 0.1) is 5.92 Å². The predicted octanol–water partition coefficient (Wildman–Crippen LogP) is 2.87. The van der Waals surface area contributed by atoms with Gasteiger partial charge in [-0.2, -0.15) is 0 Å². The Hall–Kier alpha value is -3.06. The molecule has 7 nitrogen and oxygen atoms in total. The summed E-state index contributed by atoms with van der Waals surface area (Å²) in [6, 6.07) is 16.7. The average Bonchev–Trinajstić information content (AvgIpc) is 2.79. The predicted molar refractivity (Wildman–Crippen MR) is 120 cm³/mol. The Kier molecular flexibility index (Phi) is 6.42. The molecule has 4 rings (SSSR count). The molecular formula is C23H25ClN4O3. The van der Waals surface area contributed by atoms with Gasteiger partial charge in [-0.3, -0.25) is 14.9 Å². The first-order chi connectivity index (χ1) is 15.1. The van der Waals surface area contributed by atoms with Crippen LogP contribution in [0.1, 0.15) is 18.5 Å². The summed E-state index contributed by atoms with van der Waals surface area (Å²) in [6.07, 6.45) is 0. The van der Waals surface area contributed by atoms with Gasteiger partial charge in [-0.1, -0.05) is 41.9 Å². The summed E-state index contributed by atoms with van der Waals surface area (Å²) < 4.78 is 5.16. The summed E-state index contributed by atoms with van der Waals surface area (Å²) in [4.78, 5) is 34.6. The van der Waals surface area contributed by atoms with E-state index in [1.165, 1.54) is 5.69 Å². The minimum atomic E-state index is -1.05. The summed E-state index contributed by atoms with van der Waals surface area (Å²) in [6.45, 7) is 4.95. The number of aliphatic imine (C=N–C) groups is 1. The molecule has 2 aromatic carbocycles. The van der Waals surface area contributed by atoms with Crippen LogP contribution in [0.2, 0.25) is 5.02 Å². The van der Waals surface area contributed by atoms with Crippen LogP contribution in [0.25, 0.3) is 0 Å². The Morgan fingerprint density at radius 3 is 2.48 bits per heavy atom. The Balaban J connectivity index is 1.57. The minimum Gasteiger partial charge on any atom is -0.465 e. The van der Waals surface area contributed by atoms with E-state index >= 15 is 0 Å². The van der Waals surface area contributed by atoms with E-state index in [2.05, 4.69) is 27.2 Å². The van der Waals surface area contributed by atoms with Gasteiger partial charge in [0, 0.05) is 36.9 Å². The molecular weight excluding hydrogens is 416 g/mol. The number of rotatable bonds is 4. The number of halogens is 1. The number of hydrogen-bond acceptors (Lipinski definition) is 6. The number of nitrogens with one attached hydrogen (secondary N) is 1. The number of nitrogens with zero attached hydrogens (tertiary/aromatic N) is 3. The van der Waals surface area contributed by atoms with Gasteiger partial charge in [0.05, 0.1) is 6.61 Å². The summed E-state index contributed by atoms with van der Waals surface area (Å²) >= 11 is 6.17. The van der Waals surface area contributed by atoms with Gasteiger partial charge in [-0.05, 0) is 36.8 Å². The Morgan fingerprint density at radius 1 is 1.10 bits per heavy atom. The number of piperazine rings is 1. The third kappa shape index (κ3) is 4.66. The van der Waals surface area contributed by atoms with Crippen molar-refractivity contribution in [1.82, 2.24) is 10.2 Å². The fourth-order valence-electron chi connectivity index (χ4n) is 3.97. The summed E-state index contributed by atoms with van der Waals surface area (Å²) in [5, 5.41) is 3.36. The zero-order chi connectivity index (χ0) is 21.8. The second kappa shape index (κ2) is 9.39. The maximum Gasteiger partial charge on any atom is 0.321 e. The zero-order valence-corrected chi connectivity index (χ0v) is 18.1. The van der Waals surface area contributed by atoms with Gasteiger partial charge in [0.2, 0.25) is 11.9 Å². The molecule has 1 saturated heterocycles. The topological polar surface area (TPSA) is 74.2 Å². The Labute approximate surface area is 186 Å². The number of anilines is 1. The van der Waals surface area contributed by atoms with Crippen molar-refractivity contribution in [1.29, 1.82) is 0 Å². The van der Waals surface area contributed by atoms with E-state index in [4.69, 9.17) is 21.3 Å². The number of hydrogen-bond donors (Lipinski definition) is 1.